The molecule has 0 saturated carbocycles. The average molecular weight is 368 g/mol. The Labute approximate surface area is 163 Å². The molecule has 1 aromatic carbocycles. The van der Waals surface area contributed by atoms with Crippen molar-refractivity contribution in [3.05, 3.63) is 90.5 Å². The summed E-state index contributed by atoms with van der Waals surface area (Å²) in [5.74, 6) is 0.335. The van der Waals surface area contributed by atoms with Crippen LogP contribution in [0.15, 0.2) is 79.3 Å². The Morgan fingerprint density at radius 1 is 0.929 bits per heavy atom. The first-order valence-corrected chi connectivity index (χ1v) is 9.03. The molecule has 4 aromatic rings. The molecule has 28 heavy (non-hydrogen) atoms. The molecule has 1 N–H and O–H groups in total. The average Bonchev–Trinajstić information content (AvgIpc) is 3.04. The first-order chi connectivity index (χ1) is 13.6. The van der Waals surface area contributed by atoms with Crippen LogP contribution in [0.4, 0.5) is 5.82 Å². The number of anilines is 1. The monoisotopic (exact) mass is 368 g/mol. The Bertz CT molecular complexity index is 1120. The van der Waals surface area contributed by atoms with E-state index in [0.29, 0.717) is 11.4 Å². The second-order valence-electron chi connectivity index (χ2n) is 6.58. The molecule has 0 bridgehead atoms. The molecule has 0 spiro atoms. The molecule has 0 fully saturated rings. The van der Waals surface area contributed by atoms with Crippen LogP contribution in [0.25, 0.3) is 22.4 Å². The van der Waals surface area contributed by atoms with E-state index in [1.165, 1.54) is 0 Å². The van der Waals surface area contributed by atoms with Crippen molar-refractivity contribution in [2.45, 2.75) is 6.92 Å². The number of carbonyl (C=O) groups excluding carboxylic acids is 1. The van der Waals surface area contributed by atoms with Crippen LogP contribution in [0.1, 0.15) is 16.1 Å². The molecule has 1 amide bonds. The van der Waals surface area contributed by atoms with E-state index in [0.717, 1.165) is 28.1 Å². The lowest BCUT2D eigenvalue weighted by Crippen LogP contribution is -2.13. The fraction of sp³-hybridized carbons (Fsp3) is 0.0870. The third-order valence-electron chi connectivity index (χ3n) is 4.85. The van der Waals surface area contributed by atoms with E-state index in [2.05, 4.69) is 15.3 Å². The van der Waals surface area contributed by atoms with Gasteiger partial charge in [-0.25, -0.2) is 4.98 Å². The Kier molecular flexibility index (Phi) is 4.72. The van der Waals surface area contributed by atoms with Crippen molar-refractivity contribution >= 4 is 11.7 Å². The van der Waals surface area contributed by atoms with E-state index >= 15 is 0 Å². The predicted molar refractivity (Wildman–Crippen MR) is 111 cm³/mol. The number of amides is 1. The number of aromatic nitrogens is 3. The number of nitrogens with zero attached hydrogens (tertiary/aromatic N) is 3. The van der Waals surface area contributed by atoms with E-state index in [1.54, 1.807) is 18.6 Å². The summed E-state index contributed by atoms with van der Waals surface area (Å²) in [6.07, 6.45) is 5.20. The fourth-order valence-electron chi connectivity index (χ4n) is 3.21. The zero-order valence-corrected chi connectivity index (χ0v) is 15.8. The third-order valence-corrected chi connectivity index (χ3v) is 4.85. The molecule has 0 radical (unpaired) electrons. The largest absolute Gasteiger partial charge is 0.347 e. The molecule has 3 heterocycles. The van der Waals surface area contributed by atoms with Crippen LogP contribution in [0.2, 0.25) is 0 Å². The maximum atomic E-state index is 12.9. The number of hydrogen-bond acceptors (Lipinski definition) is 3. The van der Waals surface area contributed by atoms with Crippen molar-refractivity contribution in [3.8, 4) is 22.4 Å². The Balaban J connectivity index is 1.61. The van der Waals surface area contributed by atoms with Gasteiger partial charge >= 0.3 is 0 Å². The summed E-state index contributed by atoms with van der Waals surface area (Å²) in [5.41, 5.74) is 5.54. The van der Waals surface area contributed by atoms with Crippen molar-refractivity contribution in [2.24, 2.45) is 7.05 Å². The van der Waals surface area contributed by atoms with Gasteiger partial charge < -0.3 is 9.88 Å². The zero-order chi connectivity index (χ0) is 19.5. The Hall–Kier alpha value is -3.73. The summed E-state index contributed by atoms with van der Waals surface area (Å²) >= 11 is 0. The SMILES string of the molecule is Cc1c(C(=O)Nc2cc(-c3cccnc3)ccn2)cc(-c2ccccc2)n1C. The van der Waals surface area contributed by atoms with Crippen LogP contribution in [-0.4, -0.2) is 20.4 Å². The second-order valence-corrected chi connectivity index (χ2v) is 6.58. The number of pyridine rings is 2. The minimum Gasteiger partial charge on any atom is -0.347 e. The van der Waals surface area contributed by atoms with Gasteiger partial charge in [0.05, 0.1) is 5.56 Å². The van der Waals surface area contributed by atoms with Gasteiger partial charge in [-0.15, -0.1) is 0 Å². The highest BCUT2D eigenvalue weighted by molar-refractivity contribution is 6.05. The molecule has 0 aliphatic heterocycles. The maximum absolute atomic E-state index is 12.9. The van der Waals surface area contributed by atoms with Gasteiger partial charge in [-0.05, 0) is 42.3 Å². The van der Waals surface area contributed by atoms with Gasteiger partial charge in [0.25, 0.3) is 5.91 Å². The maximum Gasteiger partial charge on any atom is 0.258 e. The van der Waals surface area contributed by atoms with E-state index in [9.17, 15) is 4.79 Å². The van der Waals surface area contributed by atoms with Crippen LogP contribution in [0, 0.1) is 6.92 Å². The first-order valence-electron chi connectivity index (χ1n) is 9.03. The van der Waals surface area contributed by atoms with Gasteiger partial charge in [0.2, 0.25) is 0 Å². The molecule has 0 aliphatic rings. The molecule has 5 nitrogen and oxygen atoms in total. The van der Waals surface area contributed by atoms with Crippen molar-refractivity contribution < 1.29 is 4.79 Å². The number of benzene rings is 1. The Morgan fingerprint density at radius 3 is 2.46 bits per heavy atom. The van der Waals surface area contributed by atoms with Crippen molar-refractivity contribution in [1.82, 2.24) is 14.5 Å². The third kappa shape index (κ3) is 3.42. The van der Waals surface area contributed by atoms with Gasteiger partial charge in [-0.2, -0.15) is 0 Å². The van der Waals surface area contributed by atoms with Crippen LogP contribution in [0.5, 0.6) is 0 Å². The van der Waals surface area contributed by atoms with E-state index in [4.69, 9.17) is 0 Å². The smallest absolute Gasteiger partial charge is 0.258 e. The van der Waals surface area contributed by atoms with Gasteiger partial charge in [0.1, 0.15) is 5.82 Å². The molecule has 138 valence electrons. The molecule has 3 aromatic heterocycles. The summed E-state index contributed by atoms with van der Waals surface area (Å²) in [7, 11) is 1.97. The second kappa shape index (κ2) is 7.48. The topological polar surface area (TPSA) is 59.8 Å². The number of rotatable bonds is 4. The highest BCUT2D eigenvalue weighted by Gasteiger charge is 2.17. The summed E-state index contributed by atoms with van der Waals surface area (Å²) in [6, 6.07) is 19.6. The molecular weight excluding hydrogens is 348 g/mol. The molecule has 5 heteroatoms. The van der Waals surface area contributed by atoms with Crippen molar-refractivity contribution in [2.75, 3.05) is 5.32 Å². The molecule has 0 atom stereocenters. The van der Waals surface area contributed by atoms with Crippen LogP contribution < -0.4 is 5.32 Å². The number of hydrogen-bond donors (Lipinski definition) is 1. The van der Waals surface area contributed by atoms with Gasteiger partial charge in [-0.1, -0.05) is 36.4 Å². The van der Waals surface area contributed by atoms with E-state index < -0.39 is 0 Å². The van der Waals surface area contributed by atoms with Crippen LogP contribution >= 0.6 is 0 Å². The summed E-state index contributed by atoms with van der Waals surface area (Å²) in [6.45, 7) is 1.95. The van der Waals surface area contributed by atoms with Crippen molar-refractivity contribution in [1.29, 1.82) is 0 Å². The highest BCUT2D eigenvalue weighted by Crippen LogP contribution is 2.26. The lowest BCUT2D eigenvalue weighted by atomic mass is 10.1. The molecule has 4 rings (SSSR count). The molecule has 0 aliphatic carbocycles. The van der Waals surface area contributed by atoms with E-state index in [-0.39, 0.29) is 5.91 Å². The normalized spacial score (nSPS) is 10.6. The number of carbonyl (C=O) groups is 1. The minimum absolute atomic E-state index is 0.175. The van der Waals surface area contributed by atoms with Gasteiger partial charge in [-0.3, -0.25) is 9.78 Å². The summed E-state index contributed by atoms with van der Waals surface area (Å²) in [5, 5.41) is 2.92. The lowest BCUT2D eigenvalue weighted by Gasteiger charge is -2.07. The van der Waals surface area contributed by atoms with Crippen molar-refractivity contribution in [3.63, 3.8) is 0 Å². The first kappa shape index (κ1) is 17.7. The fourth-order valence-corrected chi connectivity index (χ4v) is 3.21. The molecular formula is C23H20N4O. The number of nitrogens with one attached hydrogen (secondary N) is 1. The van der Waals surface area contributed by atoms with E-state index in [1.807, 2.05) is 79.2 Å². The quantitative estimate of drug-likeness (QED) is 0.567. The molecule has 0 saturated heterocycles. The molecule has 0 unspecified atom stereocenters. The van der Waals surface area contributed by atoms with Crippen LogP contribution in [-0.2, 0) is 7.05 Å². The summed E-state index contributed by atoms with van der Waals surface area (Å²) in [4.78, 5) is 21.3. The lowest BCUT2D eigenvalue weighted by molar-refractivity contribution is 0.102. The van der Waals surface area contributed by atoms with Gasteiger partial charge in [0, 0.05) is 42.6 Å². The Morgan fingerprint density at radius 2 is 1.71 bits per heavy atom. The predicted octanol–water partition coefficient (Wildman–Crippen LogP) is 4.71. The summed E-state index contributed by atoms with van der Waals surface area (Å²) < 4.78 is 2.03. The zero-order valence-electron chi connectivity index (χ0n) is 15.8. The van der Waals surface area contributed by atoms with Gasteiger partial charge in [0.15, 0.2) is 0 Å². The minimum atomic E-state index is -0.175. The van der Waals surface area contributed by atoms with Crippen LogP contribution in [0.3, 0.4) is 0 Å². The standard InChI is InChI=1S/C23H20N4O/c1-16-20(14-21(27(16)2)17-7-4-3-5-8-17)23(28)26-22-13-18(10-12-25-22)19-9-6-11-24-15-19/h3-15H,1-2H3,(H,25,26,28). The highest BCUT2D eigenvalue weighted by atomic mass is 16.1.